The predicted octanol–water partition coefficient (Wildman–Crippen LogP) is 2.78. The molecule has 0 saturated heterocycles. The summed E-state index contributed by atoms with van der Waals surface area (Å²) < 4.78 is 17.7. The number of rotatable bonds is 3. The van der Waals surface area contributed by atoms with Gasteiger partial charge in [-0.05, 0) is 12.1 Å². The summed E-state index contributed by atoms with van der Waals surface area (Å²) in [4.78, 5) is 0. The maximum absolute atomic E-state index is 12.7. The highest BCUT2D eigenvalue weighted by molar-refractivity contribution is 7.80. The summed E-state index contributed by atoms with van der Waals surface area (Å²) in [6.45, 7) is 0. The fraction of sp³-hybridized carbons (Fsp3) is 0.200. The molecule has 70 valence electrons. The van der Waals surface area contributed by atoms with Crippen LogP contribution in [0.2, 0.25) is 0 Å². The lowest BCUT2D eigenvalue weighted by molar-refractivity contribution is 0.410. The first-order valence-electron chi connectivity index (χ1n) is 3.89. The minimum atomic E-state index is -0.292. The van der Waals surface area contributed by atoms with Gasteiger partial charge in [-0.25, -0.2) is 4.39 Å². The summed E-state index contributed by atoms with van der Waals surface area (Å²) in [5.41, 5.74) is 0.859. The van der Waals surface area contributed by atoms with Gasteiger partial charge in [0.1, 0.15) is 11.6 Å². The van der Waals surface area contributed by atoms with E-state index < -0.39 is 0 Å². The number of halogens is 1. The van der Waals surface area contributed by atoms with Crippen molar-refractivity contribution in [1.82, 2.24) is 0 Å². The molecule has 1 nitrogen and oxygen atoms in total. The molecule has 0 aliphatic rings. The Morgan fingerprint density at radius 1 is 1.54 bits per heavy atom. The van der Waals surface area contributed by atoms with Crippen LogP contribution in [-0.2, 0) is 0 Å². The SMILES string of the molecule is COc1cc(F)ccc1C=CCS. The maximum Gasteiger partial charge on any atom is 0.128 e. The minimum Gasteiger partial charge on any atom is -0.496 e. The number of benzene rings is 1. The van der Waals surface area contributed by atoms with Crippen molar-refractivity contribution in [2.45, 2.75) is 0 Å². The molecule has 0 spiro atoms. The van der Waals surface area contributed by atoms with Gasteiger partial charge < -0.3 is 4.74 Å². The van der Waals surface area contributed by atoms with E-state index in [2.05, 4.69) is 12.6 Å². The lowest BCUT2D eigenvalue weighted by Gasteiger charge is -2.03. The van der Waals surface area contributed by atoms with E-state index in [-0.39, 0.29) is 5.82 Å². The van der Waals surface area contributed by atoms with Crippen molar-refractivity contribution in [3.8, 4) is 5.75 Å². The second-order valence-electron chi connectivity index (χ2n) is 2.47. The van der Waals surface area contributed by atoms with Gasteiger partial charge in [0, 0.05) is 17.4 Å². The van der Waals surface area contributed by atoms with Crippen LogP contribution in [0.1, 0.15) is 5.56 Å². The van der Waals surface area contributed by atoms with Crippen LogP contribution in [0.5, 0.6) is 5.75 Å². The summed E-state index contributed by atoms with van der Waals surface area (Å²) in [6.07, 6.45) is 3.73. The number of hydrogen-bond acceptors (Lipinski definition) is 2. The maximum atomic E-state index is 12.7. The van der Waals surface area contributed by atoms with Crippen LogP contribution < -0.4 is 4.74 Å². The second-order valence-corrected chi connectivity index (χ2v) is 2.84. The molecule has 0 bridgehead atoms. The molecule has 13 heavy (non-hydrogen) atoms. The smallest absolute Gasteiger partial charge is 0.128 e. The molecule has 0 saturated carbocycles. The van der Waals surface area contributed by atoms with Gasteiger partial charge in [0.15, 0.2) is 0 Å². The summed E-state index contributed by atoms with van der Waals surface area (Å²) in [5.74, 6) is 0.901. The van der Waals surface area contributed by atoms with E-state index in [1.165, 1.54) is 19.2 Å². The first-order valence-corrected chi connectivity index (χ1v) is 4.52. The van der Waals surface area contributed by atoms with E-state index in [0.717, 1.165) is 5.56 Å². The zero-order valence-corrected chi connectivity index (χ0v) is 8.22. The van der Waals surface area contributed by atoms with Crippen LogP contribution >= 0.6 is 12.6 Å². The molecule has 1 aromatic carbocycles. The Morgan fingerprint density at radius 3 is 2.92 bits per heavy atom. The quantitative estimate of drug-likeness (QED) is 0.735. The van der Waals surface area contributed by atoms with E-state index in [1.807, 2.05) is 12.2 Å². The molecule has 0 unspecified atom stereocenters. The Hall–Kier alpha value is -0.960. The molecule has 0 fully saturated rings. The van der Waals surface area contributed by atoms with Crippen LogP contribution in [0.25, 0.3) is 6.08 Å². The van der Waals surface area contributed by atoms with Crippen LogP contribution in [0.4, 0.5) is 4.39 Å². The zero-order valence-electron chi connectivity index (χ0n) is 7.33. The number of thiol groups is 1. The molecule has 0 aliphatic heterocycles. The van der Waals surface area contributed by atoms with Crippen molar-refractivity contribution in [1.29, 1.82) is 0 Å². The van der Waals surface area contributed by atoms with Crippen molar-refractivity contribution < 1.29 is 9.13 Å². The van der Waals surface area contributed by atoms with Gasteiger partial charge in [0.2, 0.25) is 0 Å². The fourth-order valence-electron chi connectivity index (χ4n) is 1.00. The highest BCUT2D eigenvalue weighted by atomic mass is 32.1. The van der Waals surface area contributed by atoms with Crippen molar-refractivity contribution in [3.63, 3.8) is 0 Å². The third-order valence-electron chi connectivity index (χ3n) is 1.60. The predicted molar refractivity (Wildman–Crippen MR) is 55.8 cm³/mol. The average molecular weight is 198 g/mol. The van der Waals surface area contributed by atoms with Crippen LogP contribution in [0.3, 0.4) is 0 Å². The van der Waals surface area contributed by atoms with Crippen molar-refractivity contribution in [3.05, 3.63) is 35.7 Å². The normalized spacial score (nSPS) is 10.7. The summed E-state index contributed by atoms with van der Waals surface area (Å²) in [6, 6.07) is 4.44. The second kappa shape index (κ2) is 4.92. The Labute approximate surface area is 82.6 Å². The molecular weight excluding hydrogens is 187 g/mol. The lowest BCUT2D eigenvalue weighted by atomic mass is 10.2. The Kier molecular flexibility index (Phi) is 3.83. The Balaban J connectivity index is 2.99. The van der Waals surface area contributed by atoms with Crippen molar-refractivity contribution in [2.75, 3.05) is 12.9 Å². The van der Waals surface area contributed by atoms with Crippen molar-refractivity contribution >= 4 is 18.7 Å². The number of ether oxygens (including phenoxy) is 1. The van der Waals surface area contributed by atoms with Crippen molar-refractivity contribution in [2.24, 2.45) is 0 Å². The molecule has 0 atom stereocenters. The van der Waals surface area contributed by atoms with E-state index in [0.29, 0.717) is 11.5 Å². The zero-order chi connectivity index (χ0) is 9.68. The van der Waals surface area contributed by atoms with Gasteiger partial charge >= 0.3 is 0 Å². The van der Waals surface area contributed by atoms with E-state index in [4.69, 9.17) is 4.74 Å². The lowest BCUT2D eigenvalue weighted by Crippen LogP contribution is -1.87. The molecule has 0 aliphatic carbocycles. The highest BCUT2D eigenvalue weighted by Gasteiger charge is 2.00. The van der Waals surface area contributed by atoms with E-state index in [9.17, 15) is 4.39 Å². The Morgan fingerprint density at radius 2 is 2.31 bits per heavy atom. The monoisotopic (exact) mass is 198 g/mol. The third-order valence-corrected chi connectivity index (χ3v) is 1.81. The average Bonchev–Trinajstić information content (AvgIpc) is 2.16. The van der Waals surface area contributed by atoms with Gasteiger partial charge in [-0.2, -0.15) is 12.6 Å². The summed E-state index contributed by atoms with van der Waals surface area (Å²) >= 11 is 4.03. The van der Waals surface area contributed by atoms with Crippen LogP contribution in [0.15, 0.2) is 24.3 Å². The van der Waals surface area contributed by atoms with Gasteiger partial charge in [-0.3, -0.25) is 0 Å². The number of methoxy groups -OCH3 is 1. The fourth-order valence-corrected chi connectivity index (χ4v) is 1.11. The van der Waals surface area contributed by atoms with E-state index >= 15 is 0 Å². The van der Waals surface area contributed by atoms with Gasteiger partial charge in [-0.1, -0.05) is 12.2 Å². The first-order chi connectivity index (χ1) is 6.27. The molecule has 0 radical (unpaired) electrons. The molecular formula is C10H11FOS. The molecule has 0 heterocycles. The number of hydrogen-bond donors (Lipinski definition) is 1. The summed E-state index contributed by atoms with van der Waals surface area (Å²) in [5, 5.41) is 0. The van der Waals surface area contributed by atoms with Gasteiger partial charge in [0.25, 0.3) is 0 Å². The third kappa shape index (κ3) is 2.77. The molecule has 3 heteroatoms. The van der Waals surface area contributed by atoms with Crippen LogP contribution in [-0.4, -0.2) is 12.9 Å². The van der Waals surface area contributed by atoms with Gasteiger partial charge in [-0.15, -0.1) is 0 Å². The highest BCUT2D eigenvalue weighted by Crippen LogP contribution is 2.20. The standard InChI is InChI=1S/C10H11FOS/c1-12-10-7-9(11)5-4-8(10)3-2-6-13/h2-5,7,13H,6H2,1H3. The Bertz CT molecular complexity index is 310. The largest absolute Gasteiger partial charge is 0.496 e. The molecule has 1 aromatic rings. The topological polar surface area (TPSA) is 9.23 Å². The molecule has 0 N–H and O–H groups in total. The first kappa shape index (κ1) is 10.1. The van der Waals surface area contributed by atoms with E-state index in [1.54, 1.807) is 6.07 Å². The molecule has 1 rings (SSSR count). The molecule has 0 aromatic heterocycles. The van der Waals surface area contributed by atoms with Crippen LogP contribution in [0, 0.1) is 5.82 Å². The molecule has 0 amide bonds. The minimum absolute atomic E-state index is 0.292. The van der Waals surface area contributed by atoms with Gasteiger partial charge in [0.05, 0.1) is 7.11 Å². The summed E-state index contributed by atoms with van der Waals surface area (Å²) in [7, 11) is 1.52.